The van der Waals surface area contributed by atoms with Crippen molar-refractivity contribution in [2.45, 2.75) is 26.3 Å². The highest BCUT2D eigenvalue weighted by Crippen LogP contribution is 2.30. The summed E-state index contributed by atoms with van der Waals surface area (Å²) in [7, 11) is 3.33. The van der Waals surface area contributed by atoms with Crippen molar-refractivity contribution >= 4 is 11.7 Å². The number of rotatable bonds is 3. The molecule has 0 radical (unpaired) electrons. The summed E-state index contributed by atoms with van der Waals surface area (Å²) in [6, 6.07) is 0.103. The van der Waals surface area contributed by atoms with E-state index in [1.54, 1.807) is 18.8 Å². The molecule has 1 aromatic rings. The maximum Gasteiger partial charge on any atom is 0.319 e. The zero-order chi connectivity index (χ0) is 12.6. The summed E-state index contributed by atoms with van der Waals surface area (Å²) < 4.78 is 6.80. The molecule has 1 saturated carbocycles. The Labute approximate surface area is 100 Å². The maximum atomic E-state index is 11.7. The number of nitrogens with zero attached hydrogens (tertiary/aromatic N) is 2. The van der Waals surface area contributed by atoms with Crippen molar-refractivity contribution in [2.24, 2.45) is 13.0 Å². The van der Waals surface area contributed by atoms with Gasteiger partial charge in [0.05, 0.1) is 12.8 Å². The van der Waals surface area contributed by atoms with E-state index in [1.807, 2.05) is 6.92 Å². The van der Waals surface area contributed by atoms with Crippen LogP contribution in [0.25, 0.3) is 0 Å². The Balaban J connectivity index is 2.04. The van der Waals surface area contributed by atoms with E-state index in [4.69, 9.17) is 4.74 Å². The first-order valence-corrected chi connectivity index (χ1v) is 5.68. The fourth-order valence-electron chi connectivity index (χ4n) is 1.86. The van der Waals surface area contributed by atoms with Crippen LogP contribution in [0.3, 0.4) is 0 Å². The molecule has 0 bridgehead atoms. The number of carbonyl (C=O) groups excluding carboxylic acids is 1. The number of ether oxygens (including phenoxy) is 1. The molecule has 1 aliphatic carbocycles. The van der Waals surface area contributed by atoms with Gasteiger partial charge in [0.25, 0.3) is 0 Å². The molecule has 2 N–H and O–H groups in total. The largest absolute Gasteiger partial charge is 0.480 e. The van der Waals surface area contributed by atoms with Crippen LogP contribution in [-0.4, -0.2) is 29.0 Å². The zero-order valence-electron chi connectivity index (χ0n) is 10.6. The molecule has 0 aliphatic heterocycles. The molecule has 0 saturated heterocycles. The number of urea groups is 1. The number of aromatic nitrogens is 2. The van der Waals surface area contributed by atoms with Crippen molar-refractivity contribution in [2.75, 3.05) is 12.4 Å². The summed E-state index contributed by atoms with van der Waals surface area (Å²) in [6.07, 6.45) is 1.05. The van der Waals surface area contributed by atoms with Crippen LogP contribution in [0, 0.1) is 12.8 Å². The Morgan fingerprint density at radius 3 is 2.76 bits per heavy atom. The van der Waals surface area contributed by atoms with Crippen LogP contribution >= 0.6 is 0 Å². The first-order valence-electron chi connectivity index (χ1n) is 5.68. The van der Waals surface area contributed by atoms with E-state index in [-0.39, 0.29) is 6.03 Å². The minimum Gasteiger partial charge on any atom is -0.480 e. The van der Waals surface area contributed by atoms with E-state index in [1.165, 1.54) is 0 Å². The maximum absolute atomic E-state index is 11.7. The van der Waals surface area contributed by atoms with E-state index < -0.39 is 0 Å². The van der Waals surface area contributed by atoms with Crippen LogP contribution in [-0.2, 0) is 7.05 Å². The van der Waals surface area contributed by atoms with E-state index >= 15 is 0 Å². The molecule has 94 valence electrons. The van der Waals surface area contributed by atoms with Crippen molar-refractivity contribution in [3.8, 4) is 5.88 Å². The van der Waals surface area contributed by atoms with Crippen molar-refractivity contribution < 1.29 is 9.53 Å². The molecular formula is C11H18N4O2. The fraction of sp³-hybridized carbons (Fsp3) is 0.636. The van der Waals surface area contributed by atoms with Gasteiger partial charge in [-0.1, -0.05) is 6.92 Å². The number of nitrogens with one attached hydrogen (secondary N) is 2. The molecule has 2 rings (SSSR count). The van der Waals surface area contributed by atoms with Gasteiger partial charge in [0, 0.05) is 13.1 Å². The van der Waals surface area contributed by atoms with Crippen LogP contribution in [0.5, 0.6) is 5.88 Å². The van der Waals surface area contributed by atoms with Crippen LogP contribution in [0.2, 0.25) is 0 Å². The fourth-order valence-corrected chi connectivity index (χ4v) is 1.86. The number of methoxy groups -OCH3 is 1. The van der Waals surface area contributed by atoms with Gasteiger partial charge in [-0.3, -0.25) is 0 Å². The van der Waals surface area contributed by atoms with Gasteiger partial charge >= 0.3 is 6.03 Å². The Morgan fingerprint density at radius 2 is 2.24 bits per heavy atom. The summed E-state index contributed by atoms with van der Waals surface area (Å²) in [4.78, 5) is 11.7. The molecule has 0 spiro atoms. The Kier molecular flexibility index (Phi) is 2.95. The number of aryl methyl sites for hydroxylation is 2. The van der Waals surface area contributed by atoms with Crippen molar-refractivity contribution in [1.82, 2.24) is 15.1 Å². The van der Waals surface area contributed by atoms with Crippen molar-refractivity contribution in [3.63, 3.8) is 0 Å². The number of hydrogen-bond acceptors (Lipinski definition) is 3. The lowest BCUT2D eigenvalue weighted by atomic mass is 10.4. The topological polar surface area (TPSA) is 68.2 Å². The molecule has 1 aromatic heterocycles. The van der Waals surface area contributed by atoms with E-state index in [9.17, 15) is 4.79 Å². The molecule has 0 aromatic carbocycles. The number of amides is 2. The van der Waals surface area contributed by atoms with E-state index in [0.29, 0.717) is 23.5 Å². The first kappa shape index (κ1) is 11.8. The normalized spacial score (nSPS) is 22.1. The standard InChI is InChI=1S/C11H18N4O2/c1-6-5-8(6)12-11(16)13-9-7(2)14-15(3)10(9)17-4/h6,8H,5H2,1-4H3,(H2,12,13,16)/t6-,8+/m1/s1. The quantitative estimate of drug-likeness (QED) is 0.833. The van der Waals surface area contributed by atoms with Gasteiger partial charge in [-0.15, -0.1) is 0 Å². The lowest BCUT2D eigenvalue weighted by Crippen LogP contribution is -2.31. The van der Waals surface area contributed by atoms with Crippen molar-refractivity contribution in [1.29, 1.82) is 0 Å². The van der Waals surface area contributed by atoms with Gasteiger partial charge in [-0.25, -0.2) is 9.48 Å². The highest BCUT2D eigenvalue weighted by Gasteiger charge is 2.34. The monoisotopic (exact) mass is 238 g/mol. The Hall–Kier alpha value is -1.72. The summed E-state index contributed by atoms with van der Waals surface area (Å²) in [5.74, 6) is 1.14. The minimum atomic E-state index is -0.200. The lowest BCUT2D eigenvalue weighted by Gasteiger charge is -2.08. The van der Waals surface area contributed by atoms with E-state index in [2.05, 4.69) is 22.7 Å². The lowest BCUT2D eigenvalue weighted by molar-refractivity contribution is 0.251. The first-order chi connectivity index (χ1) is 8.02. The smallest absolute Gasteiger partial charge is 0.319 e. The summed E-state index contributed by atoms with van der Waals surface area (Å²) in [5, 5.41) is 9.88. The number of carbonyl (C=O) groups is 1. The molecule has 1 fully saturated rings. The minimum absolute atomic E-state index is 0.200. The second-order valence-corrected chi connectivity index (χ2v) is 4.51. The second-order valence-electron chi connectivity index (χ2n) is 4.51. The van der Waals surface area contributed by atoms with Crippen LogP contribution in [0.4, 0.5) is 10.5 Å². The summed E-state index contributed by atoms with van der Waals surface area (Å²) >= 11 is 0. The Morgan fingerprint density at radius 1 is 1.59 bits per heavy atom. The molecule has 6 nitrogen and oxygen atoms in total. The molecule has 2 atom stereocenters. The third kappa shape index (κ3) is 2.35. The van der Waals surface area contributed by atoms with Crippen molar-refractivity contribution in [3.05, 3.63) is 5.69 Å². The van der Waals surface area contributed by atoms with Gasteiger partial charge in [0.15, 0.2) is 0 Å². The molecule has 0 unspecified atom stereocenters. The number of hydrogen-bond donors (Lipinski definition) is 2. The summed E-state index contributed by atoms with van der Waals surface area (Å²) in [5.41, 5.74) is 1.36. The second kappa shape index (κ2) is 4.27. The highest BCUT2D eigenvalue weighted by molar-refractivity contribution is 5.91. The molecule has 2 amide bonds. The Bertz CT molecular complexity index is 441. The van der Waals surface area contributed by atoms with Gasteiger partial charge in [-0.2, -0.15) is 5.10 Å². The van der Waals surface area contributed by atoms with E-state index in [0.717, 1.165) is 12.1 Å². The van der Waals surface area contributed by atoms with Gasteiger partial charge in [0.1, 0.15) is 5.69 Å². The predicted octanol–water partition coefficient (Wildman–Crippen LogP) is 1.27. The third-order valence-electron chi connectivity index (χ3n) is 3.03. The molecule has 1 heterocycles. The average Bonchev–Trinajstić information content (AvgIpc) is 2.85. The van der Waals surface area contributed by atoms with Crippen LogP contribution in [0.15, 0.2) is 0 Å². The molecule has 1 aliphatic rings. The van der Waals surface area contributed by atoms with Crippen LogP contribution < -0.4 is 15.4 Å². The summed E-state index contributed by atoms with van der Waals surface area (Å²) in [6.45, 7) is 3.94. The molecule has 17 heavy (non-hydrogen) atoms. The van der Waals surface area contributed by atoms with Gasteiger partial charge < -0.3 is 15.4 Å². The van der Waals surface area contributed by atoms with Gasteiger partial charge in [0.2, 0.25) is 5.88 Å². The highest BCUT2D eigenvalue weighted by atomic mass is 16.5. The third-order valence-corrected chi connectivity index (χ3v) is 3.03. The van der Waals surface area contributed by atoms with Crippen LogP contribution in [0.1, 0.15) is 19.0 Å². The molecular weight excluding hydrogens is 220 g/mol. The molecule has 6 heteroatoms. The van der Waals surface area contributed by atoms with Gasteiger partial charge in [-0.05, 0) is 19.3 Å². The predicted molar refractivity (Wildman–Crippen MR) is 64.2 cm³/mol. The number of anilines is 1. The SMILES string of the molecule is COc1c(NC(=O)N[C@H]2C[C@H]2C)c(C)nn1C. The zero-order valence-corrected chi connectivity index (χ0v) is 10.6. The average molecular weight is 238 g/mol.